The summed E-state index contributed by atoms with van der Waals surface area (Å²) in [5.74, 6) is -0.384. The van der Waals surface area contributed by atoms with E-state index in [1.54, 1.807) is 6.07 Å². The van der Waals surface area contributed by atoms with Crippen LogP contribution in [0.5, 0.6) is 0 Å². The number of nitro benzene ring substituents is 1. The molecule has 20 heavy (non-hydrogen) atoms. The molecule has 7 heteroatoms. The Balaban J connectivity index is 2.05. The lowest BCUT2D eigenvalue weighted by atomic mass is 10.2. The highest BCUT2D eigenvalue weighted by Crippen LogP contribution is 2.13. The Morgan fingerprint density at radius 1 is 1.35 bits per heavy atom. The van der Waals surface area contributed by atoms with Crippen molar-refractivity contribution >= 4 is 11.6 Å². The van der Waals surface area contributed by atoms with Gasteiger partial charge in [0.25, 0.3) is 11.6 Å². The minimum absolute atomic E-state index is 0.115. The first-order valence-corrected chi connectivity index (χ1v) is 5.86. The molecule has 0 atom stereocenters. The summed E-state index contributed by atoms with van der Waals surface area (Å²) in [6.45, 7) is 2.07. The average molecular weight is 272 g/mol. The molecule has 1 aromatic carbocycles. The summed E-state index contributed by atoms with van der Waals surface area (Å²) in [7, 11) is 0. The van der Waals surface area contributed by atoms with E-state index in [2.05, 4.69) is 15.3 Å². The molecule has 1 aromatic heterocycles. The number of amides is 1. The van der Waals surface area contributed by atoms with Gasteiger partial charge in [-0.05, 0) is 19.1 Å². The van der Waals surface area contributed by atoms with Crippen molar-refractivity contribution in [2.75, 3.05) is 0 Å². The fraction of sp³-hybridized carbons (Fsp3) is 0.154. The average Bonchev–Trinajstić information content (AvgIpc) is 2.45. The highest BCUT2D eigenvalue weighted by molar-refractivity contribution is 5.94. The molecule has 0 spiro atoms. The van der Waals surface area contributed by atoms with Crippen LogP contribution >= 0.6 is 0 Å². The summed E-state index contributed by atoms with van der Waals surface area (Å²) in [4.78, 5) is 30.0. The molecule has 0 aliphatic carbocycles. The molecule has 2 aromatic rings. The number of hydrogen-bond donors (Lipinski definition) is 1. The maximum atomic E-state index is 11.9. The molecule has 0 saturated carbocycles. The topological polar surface area (TPSA) is 98.0 Å². The van der Waals surface area contributed by atoms with Crippen molar-refractivity contribution in [1.29, 1.82) is 0 Å². The highest BCUT2D eigenvalue weighted by atomic mass is 16.6. The van der Waals surface area contributed by atoms with Gasteiger partial charge in [-0.15, -0.1) is 0 Å². The number of non-ortho nitro benzene ring substituents is 1. The molecule has 0 fully saturated rings. The fourth-order valence-electron chi connectivity index (χ4n) is 1.64. The Kier molecular flexibility index (Phi) is 3.99. The number of carbonyl (C=O) groups is 1. The predicted molar refractivity (Wildman–Crippen MR) is 71.0 cm³/mol. The molecule has 102 valence electrons. The zero-order chi connectivity index (χ0) is 14.5. The first-order valence-electron chi connectivity index (χ1n) is 5.86. The van der Waals surface area contributed by atoms with Crippen LogP contribution in [0.2, 0.25) is 0 Å². The van der Waals surface area contributed by atoms with Gasteiger partial charge in [0.1, 0.15) is 6.33 Å². The summed E-state index contributed by atoms with van der Waals surface area (Å²) in [6.07, 6.45) is 1.42. The van der Waals surface area contributed by atoms with Crippen LogP contribution in [0.4, 0.5) is 5.69 Å². The molecular weight excluding hydrogens is 260 g/mol. The lowest BCUT2D eigenvalue weighted by Gasteiger charge is -2.05. The Morgan fingerprint density at radius 2 is 2.15 bits per heavy atom. The van der Waals surface area contributed by atoms with Gasteiger partial charge in [-0.25, -0.2) is 9.97 Å². The molecule has 7 nitrogen and oxygen atoms in total. The van der Waals surface area contributed by atoms with E-state index in [1.165, 1.54) is 30.6 Å². The summed E-state index contributed by atoms with van der Waals surface area (Å²) >= 11 is 0. The molecule has 1 amide bonds. The maximum Gasteiger partial charge on any atom is 0.270 e. The van der Waals surface area contributed by atoms with Gasteiger partial charge in [0.2, 0.25) is 0 Å². The standard InChI is InChI=1S/C13H12N4O3/c1-9-5-11(16-8-15-9)7-14-13(18)10-3-2-4-12(6-10)17(19)20/h2-6,8H,7H2,1H3,(H,14,18). The molecular formula is C13H12N4O3. The minimum atomic E-state index is -0.537. The van der Waals surface area contributed by atoms with Crippen LogP contribution in [0.1, 0.15) is 21.7 Å². The molecule has 0 unspecified atom stereocenters. The van der Waals surface area contributed by atoms with Crippen molar-refractivity contribution in [3.8, 4) is 0 Å². The van der Waals surface area contributed by atoms with Crippen molar-refractivity contribution in [3.63, 3.8) is 0 Å². The van der Waals surface area contributed by atoms with Crippen LogP contribution in [0.3, 0.4) is 0 Å². The Bertz CT molecular complexity index is 658. The summed E-state index contributed by atoms with van der Waals surface area (Å²) in [5, 5.41) is 13.3. The Labute approximate surface area is 114 Å². The number of carbonyl (C=O) groups excluding carboxylic acids is 1. The normalized spacial score (nSPS) is 10.1. The van der Waals surface area contributed by atoms with Gasteiger partial charge in [0, 0.05) is 23.4 Å². The van der Waals surface area contributed by atoms with Gasteiger partial charge in [-0.3, -0.25) is 14.9 Å². The number of nitrogens with zero attached hydrogens (tertiary/aromatic N) is 3. The second-order valence-corrected chi connectivity index (χ2v) is 4.14. The van der Waals surface area contributed by atoms with Crippen LogP contribution in [-0.2, 0) is 6.54 Å². The van der Waals surface area contributed by atoms with E-state index >= 15 is 0 Å². The third-order valence-corrected chi connectivity index (χ3v) is 2.61. The fourth-order valence-corrected chi connectivity index (χ4v) is 1.64. The predicted octanol–water partition coefficient (Wildman–Crippen LogP) is 1.62. The molecule has 0 saturated heterocycles. The van der Waals surface area contributed by atoms with Gasteiger partial charge >= 0.3 is 0 Å². The van der Waals surface area contributed by atoms with Crippen molar-refractivity contribution in [3.05, 3.63) is 63.7 Å². The van der Waals surface area contributed by atoms with Gasteiger partial charge in [-0.2, -0.15) is 0 Å². The first-order chi connectivity index (χ1) is 9.56. The summed E-state index contributed by atoms with van der Waals surface area (Å²) in [6, 6.07) is 7.33. The third-order valence-electron chi connectivity index (χ3n) is 2.61. The van der Waals surface area contributed by atoms with E-state index in [1.807, 2.05) is 6.92 Å². The molecule has 2 rings (SSSR count). The van der Waals surface area contributed by atoms with E-state index in [9.17, 15) is 14.9 Å². The molecule has 0 aliphatic rings. The number of aryl methyl sites for hydroxylation is 1. The Hall–Kier alpha value is -2.83. The van der Waals surface area contributed by atoms with E-state index in [4.69, 9.17) is 0 Å². The number of aromatic nitrogens is 2. The summed E-state index contributed by atoms with van der Waals surface area (Å²) < 4.78 is 0. The van der Waals surface area contributed by atoms with E-state index in [0.717, 1.165) is 5.69 Å². The zero-order valence-electron chi connectivity index (χ0n) is 10.7. The monoisotopic (exact) mass is 272 g/mol. The van der Waals surface area contributed by atoms with Crippen LogP contribution in [-0.4, -0.2) is 20.8 Å². The number of nitro groups is 1. The lowest BCUT2D eigenvalue weighted by Crippen LogP contribution is -2.23. The third kappa shape index (κ3) is 3.35. The SMILES string of the molecule is Cc1cc(CNC(=O)c2cccc([N+](=O)[O-])c2)ncn1. The highest BCUT2D eigenvalue weighted by Gasteiger charge is 2.11. The maximum absolute atomic E-state index is 11.9. The quantitative estimate of drug-likeness (QED) is 0.673. The van der Waals surface area contributed by atoms with Crippen LogP contribution in [0.15, 0.2) is 36.7 Å². The van der Waals surface area contributed by atoms with Crippen LogP contribution in [0, 0.1) is 17.0 Å². The minimum Gasteiger partial charge on any atom is -0.346 e. The molecule has 1 N–H and O–H groups in total. The second-order valence-electron chi connectivity index (χ2n) is 4.14. The van der Waals surface area contributed by atoms with Gasteiger partial charge in [-0.1, -0.05) is 6.07 Å². The van der Waals surface area contributed by atoms with Gasteiger partial charge in [0.05, 0.1) is 17.2 Å². The largest absolute Gasteiger partial charge is 0.346 e. The lowest BCUT2D eigenvalue weighted by molar-refractivity contribution is -0.384. The zero-order valence-corrected chi connectivity index (χ0v) is 10.7. The molecule has 1 heterocycles. The van der Waals surface area contributed by atoms with Crippen molar-refractivity contribution in [2.45, 2.75) is 13.5 Å². The van der Waals surface area contributed by atoms with E-state index in [-0.39, 0.29) is 23.7 Å². The summed E-state index contributed by atoms with van der Waals surface area (Å²) in [5.41, 5.74) is 1.61. The van der Waals surface area contributed by atoms with E-state index < -0.39 is 4.92 Å². The molecule has 0 radical (unpaired) electrons. The second kappa shape index (κ2) is 5.87. The number of nitrogens with one attached hydrogen (secondary N) is 1. The Morgan fingerprint density at radius 3 is 2.85 bits per heavy atom. The number of benzene rings is 1. The first kappa shape index (κ1) is 13.6. The van der Waals surface area contributed by atoms with Crippen molar-refractivity contribution < 1.29 is 9.72 Å². The number of rotatable bonds is 4. The van der Waals surface area contributed by atoms with Crippen LogP contribution in [0.25, 0.3) is 0 Å². The molecule has 0 bridgehead atoms. The van der Waals surface area contributed by atoms with Gasteiger partial charge < -0.3 is 5.32 Å². The van der Waals surface area contributed by atoms with Crippen molar-refractivity contribution in [1.82, 2.24) is 15.3 Å². The van der Waals surface area contributed by atoms with E-state index in [0.29, 0.717) is 5.69 Å². The van der Waals surface area contributed by atoms with Crippen molar-refractivity contribution in [2.24, 2.45) is 0 Å². The van der Waals surface area contributed by atoms with Crippen LogP contribution < -0.4 is 5.32 Å². The van der Waals surface area contributed by atoms with Gasteiger partial charge in [0.15, 0.2) is 0 Å². The molecule has 0 aliphatic heterocycles. The number of hydrogen-bond acceptors (Lipinski definition) is 5. The smallest absolute Gasteiger partial charge is 0.270 e.